The number of nitrogens with zero attached hydrogens (tertiary/aromatic N) is 3. The summed E-state index contributed by atoms with van der Waals surface area (Å²) in [5.74, 6) is -1.34. The first-order chi connectivity index (χ1) is 12.4. The zero-order valence-electron chi connectivity index (χ0n) is 15.1. The van der Waals surface area contributed by atoms with Gasteiger partial charge in [-0.3, -0.25) is 9.59 Å². The van der Waals surface area contributed by atoms with E-state index in [0.717, 1.165) is 0 Å². The molecule has 0 aliphatic carbocycles. The molecule has 0 bridgehead atoms. The molecule has 7 nitrogen and oxygen atoms in total. The molecule has 0 spiro atoms. The molecular formula is C18H23ClN4O3. The number of carbonyl (C=O) groups excluding carboxylic acids is 1. The van der Waals surface area contributed by atoms with E-state index in [9.17, 15) is 14.7 Å². The summed E-state index contributed by atoms with van der Waals surface area (Å²) in [6.45, 7) is 5.55. The second-order valence-corrected chi connectivity index (χ2v) is 6.54. The number of hydrogen-bond donors (Lipinski definition) is 2. The summed E-state index contributed by atoms with van der Waals surface area (Å²) in [5, 5.41) is 20.8. The molecular weight excluding hydrogens is 356 g/mol. The highest BCUT2D eigenvalue weighted by atomic mass is 35.5. The van der Waals surface area contributed by atoms with Crippen molar-refractivity contribution in [1.29, 1.82) is 0 Å². The maximum absolute atomic E-state index is 12.6. The Hall–Kier alpha value is -2.41. The number of carboxylic acid groups (broad SMARTS) is 1. The van der Waals surface area contributed by atoms with Gasteiger partial charge in [-0.15, -0.1) is 5.10 Å². The van der Waals surface area contributed by atoms with Gasteiger partial charge in [-0.1, -0.05) is 43.7 Å². The third-order valence-electron chi connectivity index (χ3n) is 4.76. The van der Waals surface area contributed by atoms with Crippen LogP contribution in [0.4, 0.5) is 0 Å². The van der Waals surface area contributed by atoms with Crippen LogP contribution in [-0.4, -0.2) is 38.5 Å². The molecule has 0 aliphatic heterocycles. The van der Waals surface area contributed by atoms with E-state index < -0.39 is 17.3 Å². The molecule has 26 heavy (non-hydrogen) atoms. The highest BCUT2D eigenvalue weighted by Gasteiger charge is 2.35. The number of carbonyl (C=O) groups is 2. The van der Waals surface area contributed by atoms with Crippen molar-refractivity contribution in [3.8, 4) is 5.69 Å². The Balaban J connectivity index is 2.26. The molecule has 0 saturated heterocycles. The quantitative estimate of drug-likeness (QED) is 0.735. The summed E-state index contributed by atoms with van der Waals surface area (Å²) in [6, 6.07) is 7.11. The van der Waals surface area contributed by atoms with Gasteiger partial charge in [0, 0.05) is 11.6 Å². The zero-order chi connectivity index (χ0) is 19.3. The van der Waals surface area contributed by atoms with Crippen LogP contribution in [0, 0.1) is 5.41 Å². The van der Waals surface area contributed by atoms with E-state index in [1.54, 1.807) is 36.7 Å². The number of carboxylic acids is 1. The molecule has 1 aromatic carbocycles. The van der Waals surface area contributed by atoms with E-state index in [2.05, 4.69) is 15.6 Å². The van der Waals surface area contributed by atoms with E-state index in [1.165, 1.54) is 0 Å². The Morgan fingerprint density at radius 1 is 1.27 bits per heavy atom. The number of amides is 1. The summed E-state index contributed by atoms with van der Waals surface area (Å²) in [6.07, 6.45) is 1.39. The standard InChI is InChI=1S/C18H23ClN4O3/c1-4-14-15(16(24)20-11-18(5-2,6-3)17(25)26)21-22-23(14)13-9-7-8-12(19)10-13/h7-10H,4-6,11H2,1-3H3,(H,20,24)(H,25,26). The number of aromatic nitrogens is 3. The molecule has 2 aromatic rings. The summed E-state index contributed by atoms with van der Waals surface area (Å²) >= 11 is 6.02. The van der Waals surface area contributed by atoms with Crippen molar-refractivity contribution in [3.63, 3.8) is 0 Å². The number of rotatable bonds is 8. The first-order valence-corrected chi connectivity index (χ1v) is 8.98. The van der Waals surface area contributed by atoms with Crippen molar-refractivity contribution < 1.29 is 14.7 Å². The van der Waals surface area contributed by atoms with E-state index in [4.69, 9.17) is 11.6 Å². The largest absolute Gasteiger partial charge is 0.481 e. The minimum atomic E-state index is -0.981. The van der Waals surface area contributed by atoms with Gasteiger partial charge in [0.25, 0.3) is 5.91 Å². The minimum Gasteiger partial charge on any atom is -0.481 e. The van der Waals surface area contributed by atoms with Crippen LogP contribution in [0.2, 0.25) is 5.02 Å². The highest BCUT2D eigenvalue weighted by Crippen LogP contribution is 2.26. The molecule has 0 aliphatic rings. The Labute approximate surface area is 157 Å². The Kier molecular flexibility index (Phi) is 6.37. The molecule has 2 rings (SSSR count). The van der Waals surface area contributed by atoms with E-state index in [1.807, 2.05) is 13.0 Å². The number of aliphatic carboxylic acids is 1. The first-order valence-electron chi connectivity index (χ1n) is 8.60. The van der Waals surface area contributed by atoms with E-state index in [-0.39, 0.29) is 12.2 Å². The lowest BCUT2D eigenvalue weighted by Gasteiger charge is -2.26. The van der Waals surface area contributed by atoms with Crippen molar-refractivity contribution in [1.82, 2.24) is 20.3 Å². The fraction of sp³-hybridized carbons (Fsp3) is 0.444. The maximum atomic E-state index is 12.6. The van der Waals surface area contributed by atoms with Gasteiger partial charge >= 0.3 is 5.97 Å². The van der Waals surface area contributed by atoms with Gasteiger partial charge in [0.2, 0.25) is 0 Å². The predicted molar refractivity (Wildman–Crippen MR) is 98.7 cm³/mol. The number of benzene rings is 1. The van der Waals surface area contributed by atoms with Crippen molar-refractivity contribution in [2.24, 2.45) is 5.41 Å². The molecule has 1 amide bonds. The van der Waals surface area contributed by atoms with Crippen LogP contribution in [0.15, 0.2) is 24.3 Å². The van der Waals surface area contributed by atoms with Crippen molar-refractivity contribution >= 4 is 23.5 Å². The Morgan fingerprint density at radius 2 is 1.96 bits per heavy atom. The fourth-order valence-electron chi connectivity index (χ4n) is 2.82. The molecule has 0 radical (unpaired) electrons. The summed E-state index contributed by atoms with van der Waals surface area (Å²) in [5.41, 5.74) is 0.561. The lowest BCUT2D eigenvalue weighted by atomic mass is 9.82. The molecule has 0 fully saturated rings. The van der Waals surface area contributed by atoms with Crippen LogP contribution < -0.4 is 5.32 Å². The highest BCUT2D eigenvalue weighted by molar-refractivity contribution is 6.30. The molecule has 8 heteroatoms. The maximum Gasteiger partial charge on any atom is 0.311 e. The van der Waals surface area contributed by atoms with Crippen LogP contribution in [0.1, 0.15) is 49.8 Å². The van der Waals surface area contributed by atoms with Gasteiger partial charge in [0.15, 0.2) is 5.69 Å². The second kappa shape index (κ2) is 8.31. The average Bonchev–Trinajstić information content (AvgIpc) is 3.06. The number of halogens is 1. The first kappa shape index (κ1) is 19.9. The average molecular weight is 379 g/mol. The fourth-order valence-corrected chi connectivity index (χ4v) is 3.01. The topological polar surface area (TPSA) is 97.1 Å². The van der Waals surface area contributed by atoms with Gasteiger partial charge in [0.1, 0.15) is 0 Å². The summed E-state index contributed by atoms with van der Waals surface area (Å²) < 4.78 is 1.57. The van der Waals surface area contributed by atoms with E-state index in [0.29, 0.717) is 35.7 Å². The third kappa shape index (κ3) is 3.88. The molecule has 0 saturated carbocycles. The second-order valence-electron chi connectivity index (χ2n) is 6.11. The molecule has 0 unspecified atom stereocenters. The van der Waals surface area contributed by atoms with Crippen LogP contribution in [0.25, 0.3) is 5.69 Å². The summed E-state index contributed by atoms with van der Waals surface area (Å²) in [4.78, 5) is 24.2. The van der Waals surface area contributed by atoms with Crippen molar-refractivity contribution in [2.45, 2.75) is 40.0 Å². The van der Waals surface area contributed by atoms with Crippen molar-refractivity contribution in [2.75, 3.05) is 6.54 Å². The molecule has 0 atom stereocenters. The molecule has 1 heterocycles. The SMILES string of the molecule is CCc1c(C(=O)NCC(CC)(CC)C(=O)O)nnn1-c1cccc(Cl)c1. The lowest BCUT2D eigenvalue weighted by Crippen LogP contribution is -2.42. The van der Waals surface area contributed by atoms with E-state index >= 15 is 0 Å². The third-order valence-corrected chi connectivity index (χ3v) is 5.00. The predicted octanol–water partition coefficient (Wildman–Crippen LogP) is 3.10. The van der Waals surface area contributed by atoms with Crippen LogP contribution in [-0.2, 0) is 11.2 Å². The van der Waals surface area contributed by atoms with Gasteiger partial charge in [-0.05, 0) is 37.5 Å². The summed E-state index contributed by atoms with van der Waals surface area (Å²) in [7, 11) is 0. The molecule has 1 aromatic heterocycles. The van der Waals surface area contributed by atoms with Crippen LogP contribution >= 0.6 is 11.6 Å². The smallest absolute Gasteiger partial charge is 0.311 e. The molecule has 140 valence electrons. The monoisotopic (exact) mass is 378 g/mol. The van der Waals surface area contributed by atoms with Crippen LogP contribution in [0.3, 0.4) is 0 Å². The molecule has 2 N–H and O–H groups in total. The van der Waals surface area contributed by atoms with Crippen molar-refractivity contribution in [3.05, 3.63) is 40.7 Å². The lowest BCUT2D eigenvalue weighted by molar-refractivity contribution is -0.149. The Bertz CT molecular complexity index is 799. The normalized spacial score (nSPS) is 11.4. The van der Waals surface area contributed by atoms with Crippen LogP contribution in [0.5, 0.6) is 0 Å². The van der Waals surface area contributed by atoms with Gasteiger partial charge in [0.05, 0.1) is 16.8 Å². The van der Waals surface area contributed by atoms with Gasteiger partial charge in [-0.2, -0.15) is 0 Å². The zero-order valence-corrected chi connectivity index (χ0v) is 15.9. The number of nitrogens with one attached hydrogen (secondary N) is 1. The minimum absolute atomic E-state index is 0.0430. The number of hydrogen-bond acceptors (Lipinski definition) is 4. The van der Waals surface area contributed by atoms with Gasteiger partial charge < -0.3 is 10.4 Å². The van der Waals surface area contributed by atoms with Gasteiger partial charge in [-0.25, -0.2) is 4.68 Å². The Morgan fingerprint density at radius 3 is 2.50 bits per heavy atom.